The van der Waals surface area contributed by atoms with Crippen LogP contribution in [-0.4, -0.2) is 5.11 Å². The summed E-state index contributed by atoms with van der Waals surface area (Å²) in [6, 6.07) is 8.61. The number of thiophene rings is 1. The van der Waals surface area contributed by atoms with E-state index in [4.69, 9.17) is 0 Å². The molecular formula is C14H15FOS. The zero-order chi connectivity index (χ0) is 12.3. The molecule has 0 fully saturated rings. The number of rotatable bonds is 4. The number of benzene rings is 1. The van der Waals surface area contributed by atoms with Gasteiger partial charge in [-0.3, -0.25) is 0 Å². The molecule has 0 spiro atoms. The Bertz CT molecular complexity index is 479. The van der Waals surface area contributed by atoms with Crippen LogP contribution < -0.4 is 0 Å². The minimum absolute atomic E-state index is 0.291. The van der Waals surface area contributed by atoms with E-state index in [0.29, 0.717) is 12.0 Å². The summed E-state index contributed by atoms with van der Waals surface area (Å²) in [7, 11) is 0. The summed E-state index contributed by atoms with van der Waals surface area (Å²) in [6.45, 7) is 1.89. The van der Waals surface area contributed by atoms with E-state index in [0.717, 1.165) is 12.0 Å². The van der Waals surface area contributed by atoms with E-state index in [1.165, 1.54) is 17.0 Å². The number of hydrogen-bond acceptors (Lipinski definition) is 2. The van der Waals surface area contributed by atoms with Crippen LogP contribution in [0, 0.1) is 12.7 Å². The molecule has 3 heteroatoms. The maximum Gasteiger partial charge on any atom is 0.123 e. The fourth-order valence-corrected chi connectivity index (χ4v) is 2.58. The molecule has 90 valence electrons. The topological polar surface area (TPSA) is 20.2 Å². The Hall–Kier alpha value is -1.19. The Balaban J connectivity index is 2.04. The largest absolute Gasteiger partial charge is 0.388 e. The highest BCUT2D eigenvalue weighted by atomic mass is 32.1. The Morgan fingerprint density at radius 3 is 2.88 bits per heavy atom. The normalized spacial score (nSPS) is 12.6. The standard InChI is InChI=1S/C14H15FOS/c1-10-4-5-11(15)9-13(10)14(16)7-6-12-3-2-8-17-12/h2-5,8-9,14,16H,6-7H2,1H3. The molecule has 0 saturated heterocycles. The second kappa shape index (κ2) is 5.43. The molecule has 1 aromatic heterocycles. The van der Waals surface area contributed by atoms with E-state index < -0.39 is 6.10 Å². The summed E-state index contributed by atoms with van der Waals surface area (Å²) in [5.41, 5.74) is 1.63. The highest BCUT2D eigenvalue weighted by Crippen LogP contribution is 2.24. The molecule has 0 aliphatic heterocycles. The van der Waals surface area contributed by atoms with E-state index >= 15 is 0 Å². The minimum Gasteiger partial charge on any atom is -0.388 e. The van der Waals surface area contributed by atoms with Crippen molar-refractivity contribution in [2.75, 3.05) is 0 Å². The van der Waals surface area contributed by atoms with Crippen molar-refractivity contribution in [2.24, 2.45) is 0 Å². The van der Waals surface area contributed by atoms with Crippen LogP contribution in [0.15, 0.2) is 35.7 Å². The zero-order valence-electron chi connectivity index (χ0n) is 9.69. The molecule has 1 N–H and O–H groups in total. The van der Waals surface area contributed by atoms with Gasteiger partial charge in [-0.15, -0.1) is 11.3 Å². The van der Waals surface area contributed by atoms with E-state index in [9.17, 15) is 9.50 Å². The molecule has 0 radical (unpaired) electrons. The van der Waals surface area contributed by atoms with E-state index in [1.54, 1.807) is 17.4 Å². The molecule has 0 aliphatic carbocycles. The molecule has 0 bridgehead atoms. The van der Waals surface area contributed by atoms with Crippen molar-refractivity contribution in [1.29, 1.82) is 0 Å². The van der Waals surface area contributed by atoms with Gasteiger partial charge < -0.3 is 5.11 Å². The monoisotopic (exact) mass is 250 g/mol. The quantitative estimate of drug-likeness (QED) is 0.873. The van der Waals surface area contributed by atoms with Gasteiger partial charge >= 0.3 is 0 Å². The number of aliphatic hydroxyl groups excluding tert-OH is 1. The Kier molecular flexibility index (Phi) is 3.92. The lowest BCUT2D eigenvalue weighted by Gasteiger charge is -2.13. The highest BCUT2D eigenvalue weighted by Gasteiger charge is 2.11. The lowest BCUT2D eigenvalue weighted by atomic mass is 9.99. The number of halogens is 1. The van der Waals surface area contributed by atoms with E-state index in [2.05, 4.69) is 6.07 Å². The summed E-state index contributed by atoms with van der Waals surface area (Å²) in [5.74, 6) is -0.291. The van der Waals surface area contributed by atoms with Crippen molar-refractivity contribution in [1.82, 2.24) is 0 Å². The fraction of sp³-hybridized carbons (Fsp3) is 0.286. The molecule has 0 amide bonds. The first kappa shape index (κ1) is 12.3. The number of aryl methyl sites for hydroxylation is 2. The lowest BCUT2D eigenvalue weighted by Crippen LogP contribution is -2.02. The molecule has 17 heavy (non-hydrogen) atoms. The van der Waals surface area contributed by atoms with Crippen LogP contribution >= 0.6 is 11.3 Å². The third kappa shape index (κ3) is 3.14. The van der Waals surface area contributed by atoms with Gasteiger partial charge in [0.1, 0.15) is 5.82 Å². The van der Waals surface area contributed by atoms with Gasteiger partial charge in [0.05, 0.1) is 6.10 Å². The average molecular weight is 250 g/mol. The molecule has 0 saturated carbocycles. The van der Waals surface area contributed by atoms with Crippen molar-refractivity contribution < 1.29 is 9.50 Å². The third-order valence-electron chi connectivity index (χ3n) is 2.84. The van der Waals surface area contributed by atoms with Gasteiger partial charge in [-0.1, -0.05) is 12.1 Å². The molecule has 1 aromatic carbocycles. The molecule has 1 atom stereocenters. The van der Waals surface area contributed by atoms with Crippen LogP contribution in [0.5, 0.6) is 0 Å². The van der Waals surface area contributed by atoms with Crippen molar-refractivity contribution >= 4 is 11.3 Å². The molecule has 1 heterocycles. The zero-order valence-corrected chi connectivity index (χ0v) is 10.5. The molecule has 2 rings (SSSR count). The second-order valence-corrected chi connectivity index (χ2v) is 5.17. The third-order valence-corrected chi connectivity index (χ3v) is 3.78. The molecule has 1 unspecified atom stereocenters. The predicted molar refractivity (Wildman–Crippen MR) is 68.7 cm³/mol. The van der Waals surface area contributed by atoms with Crippen LogP contribution in [-0.2, 0) is 6.42 Å². The van der Waals surface area contributed by atoms with Gasteiger partial charge in [0.2, 0.25) is 0 Å². The van der Waals surface area contributed by atoms with Crippen molar-refractivity contribution in [3.8, 4) is 0 Å². The Labute approximate surface area is 105 Å². The van der Waals surface area contributed by atoms with Crippen LogP contribution in [0.2, 0.25) is 0 Å². The van der Waals surface area contributed by atoms with Gasteiger partial charge in [-0.05, 0) is 54.5 Å². The summed E-state index contributed by atoms with van der Waals surface area (Å²) >= 11 is 1.68. The second-order valence-electron chi connectivity index (χ2n) is 4.13. The summed E-state index contributed by atoms with van der Waals surface area (Å²) in [6.07, 6.45) is 0.868. The lowest BCUT2D eigenvalue weighted by molar-refractivity contribution is 0.167. The number of aliphatic hydroxyl groups is 1. The fourth-order valence-electron chi connectivity index (χ4n) is 1.86. The van der Waals surface area contributed by atoms with Gasteiger partial charge in [-0.25, -0.2) is 4.39 Å². The average Bonchev–Trinajstić information content (AvgIpc) is 2.82. The molecule has 0 aliphatic rings. The Morgan fingerprint density at radius 1 is 1.35 bits per heavy atom. The SMILES string of the molecule is Cc1ccc(F)cc1C(O)CCc1cccs1. The molecule has 1 nitrogen and oxygen atoms in total. The summed E-state index contributed by atoms with van der Waals surface area (Å²) in [4.78, 5) is 1.25. The smallest absolute Gasteiger partial charge is 0.123 e. The van der Waals surface area contributed by atoms with Gasteiger partial charge in [-0.2, -0.15) is 0 Å². The van der Waals surface area contributed by atoms with Crippen molar-refractivity contribution in [3.05, 3.63) is 57.5 Å². The highest BCUT2D eigenvalue weighted by molar-refractivity contribution is 7.09. The van der Waals surface area contributed by atoms with Gasteiger partial charge in [0.15, 0.2) is 0 Å². The summed E-state index contributed by atoms with van der Waals surface area (Å²) in [5, 5.41) is 12.1. The maximum absolute atomic E-state index is 13.1. The predicted octanol–water partition coefficient (Wildman–Crippen LogP) is 3.86. The van der Waals surface area contributed by atoms with Crippen LogP contribution in [0.4, 0.5) is 4.39 Å². The first-order valence-electron chi connectivity index (χ1n) is 5.63. The van der Waals surface area contributed by atoms with Crippen LogP contribution in [0.25, 0.3) is 0 Å². The first-order valence-corrected chi connectivity index (χ1v) is 6.51. The van der Waals surface area contributed by atoms with Crippen molar-refractivity contribution in [3.63, 3.8) is 0 Å². The van der Waals surface area contributed by atoms with Crippen molar-refractivity contribution in [2.45, 2.75) is 25.9 Å². The minimum atomic E-state index is -0.590. The Morgan fingerprint density at radius 2 is 2.18 bits per heavy atom. The van der Waals surface area contributed by atoms with Gasteiger partial charge in [0.25, 0.3) is 0 Å². The molecular weight excluding hydrogens is 235 g/mol. The number of hydrogen-bond donors (Lipinski definition) is 1. The van der Waals surface area contributed by atoms with E-state index in [1.807, 2.05) is 18.4 Å². The molecule has 2 aromatic rings. The van der Waals surface area contributed by atoms with E-state index in [-0.39, 0.29) is 5.82 Å². The first-order chi connectivity index (χ1) is 8.16. The van der Waals surface area contributed by atoms with Gasteiger partial charge in [0, 0.05) is 4.88 Å². The summed E-state index contributed by atoms with van der Waals surface area (Å²) < 4.78 is 13.1. The van der Waals surface area contributed by atoms with Crippen LogP contribution in [0.3, 0.4) is 0 Å². The van der Waals surface area contributed by atoms with Crippen LogP contribution in [0.1, 0.15) is 28.5 Å². The maximum atomic E-state index is 13.1.